The average molecular weight is 507 g/mol. The van der Waals surface area contributed by atoms with Crippen molar-refractivity contribution in [1.29, 1.82) is 0 Å². The van der Waals surface area contributed by atoms with Crippen molar-refractivity contribution in [2.45, 2.75) is 155 Å². The molecule has 36 heavy (non-hydrogen) atoms. The van der Waals surface area contributed by atoms with Crippen LogP contribution in [0.4, 0.5) is 0 Å². The van der Waals surface area contributed by atoms with Crippen molar-refractivity contribution in [2.24, 2.45) is 5.92 Å². The van der Waals surface area contributed by atoms with Crippen molar-refractivity contribution >= 4 is 11.9 Å². The molecule has 1 atom stereocenters. The Kier molecular flexibility index (Phi) is 26.8. The van der Waals surface area contributed by atoms with E-state index in [1.807, 2.05) is 6.08 Å². The van der Waals surface area contributed by atoms with Gasteiger partial charge in [-0.25, -0.2) is 0 Å². The van der Waals surface area contributed by atoms with E-state index in [1.165, 1.54) is 134 Å². The summed E-state index contributed by atoms with van der Waals surface area (Å²) in [7, 11) is 0. The molecule has 4 nitrogen and oxygen atoms in total. The minimum atomic E-state index is -0.986. The van der Waals surface area contributed by atoms with E-state index in [4.69, 9.17) is 4.74 Å². The third-order valence-corrected chi connectivity index (χ3v) is 6.91. The van der Waals surface area contributed by atoms with Gasteiger partial charge in [-0.15, -0.1) is 0 Å². The van der Waals surface area contributed by atoms with Crippen LogP contribution in [-0.4, -0.2) is 23.7 Å². The van der Waals surface area contributed by atoms with Gasteiger partial charge in [-0.1, -0.05) is 160 Å². The van der Waals surface area contributed by atoms with Crippen LogP contribution in [-0.2, 0) is 14.3 Å². The molecule has 0 spiro atoms. The van der Waals surface area contributed by atoms with E-state index < -0.39 is 17.9 Å². The van der Waals surface area contributed by atoms with Gasteiger partial charge in [0.15, 0.2) is 0 Å². The second kappa shape index (κ2) is 28.0. The van der Waals surface area contributed by atoms with Gasteiger partial charge in [0.1, 0.15) is 6.61 Å². The number of carbonyl (C=O) groups excluding carboxylic acids is 1. The zero-order valence-electron chi connectivity index (χ0n) is 23.7. The SMILES string of the molecule is C=CCOC(=O)CC(/C=C/CCCCCCCCCCCCCCCCCCCCCCC)C(=O)O. The Balaban J connectivity index is 3.38. The fourth-order valence-corrected chi connectivity index (χ4v) is 4.58. The summed E-state index contributed by atoms with van der Waals surface area (Å²) in [6.07, 6.45) is 34.6. The Morgan fingerprint density at radius 2 is 1.08 bits per heavy atom. The maximum atomic E-state index is 11.6. The Hall–Kier alpha value is -1.58. The van der Waals surface area contributed by atoms with Crippen molar-refractivity contribution in [1.82, 2.24) is 0 Å². The summed E-state index contributed by atoms with van der Waals surface area (Å²) in [5.41, 5.74) is 0. The van der Waals surface area contributed by atoms with E-state index in [0.717, 1.165) is 12.8 Å². The first-order valence-electron chi connectivity index (χ1n) is 15.3. The van der Waals surface area contributed by atoms with Crippen LogP contribution >= 0.6 is 0 Å². The summed E-state index contributed by atoms with van der Waals surface area (Å²) in [4.78, 5) is 22.9. The van der Waals surface area contributed by atoms with Crippen molar-refractivity contribution in [3.8, 4) is 0 Å². The molecule has 0 saturated carbocycles. The fraction of sp³-hybridized carbons (Fsp3) is 0.812. The van der Waals surface area contributed by atoms with Crippen LogP contribution in [0.15, 0.2) is 24.8 Å². The first-order valence-corrected chi connectivity index (χ1v) is 15.3. The highest BCUT2D eigenvalue weighted by Crippen LogP contribution is 2.15. The van der Waals surface area contributed by atoms with Crippen LogP contribution in [0.2, 0.25) is 0 Å². The summed E-state index contributed by atoms with van der Waals surface area (Å²) in [5.74, 6) is -2.29. The Bertz CT molecular complexity index is 540. The molecule has 0 saturated heterocycles. The second-order valence-corrected chi connectivity index (χ2v) is 10.4. The number of hydrogen-bond donors (Lipinski definition) is 1. The lowest BCUT2D eigenvalue weighted by Crippen LogP contribution is -2.17. The molecule has 0 aromatic heterocycles. The van der Waals surface area contributed by atoms with E-state index in [2.05, 4.69) is 13.5 Å². The minimum Gasteiger partial charge on any atom is -0.481 e. The molecule has 1 unspecified atom stereocenters. The van der Waals surface area contributed by atoms with Crippen LogP contribution in [0.3, 0.4) is 0 Å². The van der Waals surface area contributed by atoms with Gasteiger partial charge in [-0.2, -0.15) is 0 Å². The van der Waals surface area contributed by atoms with Crippen LogP contribution in [0, 0.1) is 5.92 Å². The van der Waals surface area contributed by atoms with Crippen molar-refractivity contribution in [3.63, 3.8) is 0 Å². The number of carboxylic acid groups (broad SMARTS) is 1. The predicted octanol–water partition coefficient (Wildman–Crippen LogP) is 9.96. The van der Waals surface area contributed by atoms with Crippen molar-refractivity contribution in [3.05, 3.63) is 24.8 Å². The second-order valence-electron chi connectivity index (χ2n) is 10.4. The van der Waals surface area contributed by atoms with Crippen molar-refractivity contribution in [2.75, 3.05) is 6.61 Å². The summed E-state index contributed by atoms with van der Waals surface area (Å²) < 4.78 is 4.87. The quantitative estimate of drug-likeness (QED) is 0.0651. The van der Waals surface area contributed by atoms with E-state index in [9.17, 15) is 14.7 Å². The first-order chi connectivity index (χ1) is 17.6. The standard InChI is InChI=1S/C32H58O4/c1-3-5-6-7-8-9-10-11-12-13-14-15-16-17-18-19-20-21-22-23-24-25-26-27-30(32(34)35)29-31(33)36-28-4-2/h4,26-27,30H,2-3,5-25,28-29H2,1H3,(H,34,35)/b27-26+. The fourth-order valence-electron chi connectivity index (χ4n) is 4.58. The third kappa shape index (κ3) is 25.5. The molecular formula is C32H58O4. The average Bonchev–Trinajstić information content (AvgIpc) is 2.87. The van der Waals surface area contributed by atoms with Gasteiger partial charge in [0.05, 0.1) is 12.3 Å². The third-order valence-electron chi connectivity index (χ3n) is 6.91. The summed E-state index contributed by atoms with van der Waals surface area (Å²) in [6.45, 7) is 5.88. The van der Waals surface area contributed by atoms with Gasteiger partial charge in [-0.05, 0) is 12.8 Å². The molecular weight excluding hydrogens is 448 g/mol. The monoisotopic (exact) mass is 506 g/mol. The highest BCUT2D eigenvalue weighted by molar-refractivity contribution is 5.80. The molecule has 0 rings (SSSR count). The molecule has 0 aromatic rings. The molecule has 0 aliphatic heterocycles. The van der Waals surface area contributed by atoms with Gasteiger partial charge in [0.25, 0.3) is 0 Å². The first kappa shape index (κ1) is 34.4. The van der Waals surface area contributed by atoms with E-state index in [-0.39, 0.29) is 13.0 Å². The highest BCUT2D eigenvalue weighted by Gasteiger charge is 2.18. The lowest BCUT2D eigenvalue weighted by molar-refractivity contribution is -0.149. The molecule has 0 heterocycles. The molecule has 4 heteroatoms. The van der Waals surface area contributed by atoms with Gasteiger partial charge < -0.3 is 9.84 Å². The van der Waals surface area contributed by atoms with Gasteiger partial charge in [0, 0.05) is 0 Å². The summed E-state index contributed by atoms with van der Waals surface area (Å²) >= 11 is 0. The number of rotatable bonds is 28. The number of unbranched alkanes of at least 4 members (excludes halogenated alkanes) is 21. The smallest absolute Gasteiger partial charge is 0.310 e. The van der Waals surface area contributed by atoms with Crippen LogP contribution < -0.4 is 0 Å². The minimum absolute atomic E-state index is 0.119. The van der Waals surface area contributed by atoms with Gasteiger partial charge in [-0.3, -0.25) is 9.59 Å². The molecule has 0 aliphatic rings. The molecule has 1 N–H and O–H groups in total. The molecule has 0 aromatic carbocycles. The van der Waals surface area contributed by atoms with E-state index in [1.54, 1.807) is 6.08 Å². The van der Waals surface area contributed by atoms with Crippen LogP contribution in [0.5, 0.6) is 0 Å². The summed E-state index contributed by atoms with van der Waals surface area (Å²) in [5, 5.41) is 9.25. The topological polar surface area (TPSA) is 63.6 Å². The molecule has 0 aliphatic carbocycles. The molecule has 210 valence electrons. The lowest BCUT2D eigenvalue weighted by Gasteiger charge is -2.07. The molecule has 0 fully saturated rings. The molecule has 0 radical (unpaired) electrons. The maximum absolute atomic E-state index is 11.6. The normalized spacial score (nSPS) is 12.1. The number of carbonyl (C=O) groups is 2. The number of carboxylic acids is 1. The number of ether oxygens (including phenoxy) is 1. The Morgan fingerprint density at radius 1 is 0.694 bits per heavy atom. The predicted molar refractivity (Wildman–Crippen MR) is 153 cm³/mol. The van der Waals surface area contributed by atoms with E-state index in [0.29, 0.717) is 0 Å². The maximum Gasteiger partial charge on any atom is 0.310 e. The number of esters is 1. The van der Waals surface area contributed by atoms with Crippen LogP contribution in [0.25, 0.3) is 0 Å². The van der Waals surface area contributed by atoms with E-state index >= 15 is 0 Å². The highest BCUT2D eigenvalue weighted by atomic mass is 16.5. The Morgan fingerprint density at radius 3 is 1.44 bits per heavy atom. The lowest BCUT2D eigenvalue weighted by atomic mass is 10.0. The number of hydrogen-bond acceptors (Lipinski definition) is 3. The number of aliphatic carboxylic acids is 1. The zero-order valence-corrected chi connectivity index (χ0v) is 23.7. The van der Waals surface area contributed by atoms with Crippen molar-refractivity contribution < 1.29 is 19.4 Å². The largest absolute Gasteiger partial charge is 0.481 e. The summed E-state index contributed by atoms with van der Waals surface area (Å²) in [6, 6.07) is 0. The number of allylic oxidation sites excluding steroid dienone is 1. The molecule has 0 amide bonds. The Labute approximate surface area is 223 Å². The van der Waals surface area contributed by atoms with Gasteiger partial charge >= 0.3 is 11.9 Å². The zero-order chi connectivity index (χ0) is 26.5. The van der Waals surface area contributed by atoms with Crippen LogP contribution in [0.1, 0.15) is 155 Å². The van der Waals surface area contributed by atoms with Gasteiger partial charge in [0.2, 0.25) is 0 Å². The molecule has 0 bridgehead atoms.